The van der Waals surface area contributed by atoms with E-state index in [0.717, 1.165) is 37.8 Å². The lowest BCUT2D eigenvalue weighted by Gasteiger charge is -2.10. The number of hydrogen-bond acceptors (Lipinski definition) is 3. The van der Waals surface area contributed by atoms with Crippen LogP contribution in [-0.2, 0) is 6.61 Å². The van der Waals surface area contributed by atoms with Gasteiger partial charge in [0.25, 0.3) is 5.91 Å². The van der Waals surface area contributed by atoms with Crippen LogP contribution in [0.3, 0.4) is 0 Å². The van der Waals surface area contributed by atoms with Gasteiger partial charge in [-0.15, -0.1) is 0 Å². The Balaban J connectivity index is 1.57. The van der Waals surface area contributed by atoms with Gasteiger partial charge in [0.15, 0.2) is 17.3 Å². The maximum atomic E-state index is 13.5. The maximum Gasteiger partial charge on any atom is 0.287 e. The van der Waals surface area contributed by atoms with Gasteiger partial charge in [-0.1, -0.05) is 12.8 Å². The number of amides is 1. The molecule has 0 spiro atoms. The number of hydrogen-bond donors (Lipinski definition) is 1. The number of furan rings is 1. The molecule has 0 atom stereocenters. The summed E-state index contributed by atoms with van der Waals surface area (Å²) in [5.41, 5.74) is 0. The van der Waals surface area contributed by atoms with E-state index in [9.17, 15) is 13.6 Å². The van der Waals surface area contributed by atoms with Crippen LogP contribution in [-0.4, -0.2) is 11.9 Å². The fourth-order valence-corrected chi connectivity index (χ4v) is 2.65. The van der Waals surface area contributed by atoms with Crippen LogP contribution >= 0.6 is 0 Å². The zero-order chi connectivity index (χ0) is 16.2. The Morgan fingerprint density at radius 3 is 2.74 bits per heavy atom. The molecule has 1 saturated carbocycles. The summed E-state index contributed by atoms with van der Waals surface area (Å²) in [4.78, 5) is 12.0. The molecule has 122 valence electrons. The minimum absolute atomic E-state index is 0.0424. The number of ether oxygens (including phenoxy) is 1. The molecule has 23 heavy (non-hydrogen) atoms. The molecule has 0 aliphatic heterocycles. The summed E-state index contributed by atoms with van der Waals surface area (Å²) in [6, 6.07) is 6.44. The third-order valence-corrected chi connectivity index (χ3v) is 3.84. The van der Waals surface area contributed by atoms with Crippen LogP contribution in [0.15, 0.2) is 34.7 Å². The zero-order valence-electron chi connectivity index (χ0n) is 12.5. The molecule has 1 fully saturated rings. The molecule has 3 rings (SSSR count). The van der Waals surface area contributed by atoms with E-state index < -0.39 is 11.6 Å². The van der Waals surface area contributed by atoms with E-state index in [1.807, 2.05) is 0 Å². The van der Waals surface area contributed by atoms with Gasteiger partial charge in [0, 0.05) is 12.1 Å². The molecule has 4 nitrogen and oxygen atoms in total. The highest BCUT2D eigenvalue weighted by molar-refractivity contribution is 5.91. The molecule has 0 saturated heterocycles. The van der Waals surface area contributed by atoms with Gasteiger partial charge in [-0.05, 0) is 37.1 Å². The van der Waals surface area contributed by atoms with E-state index in [-0.39, 0.29) is 30.1 Å². The first kappa shape index (κ1) is 15.5. The molecule has 0 unspecified atom stereocenters. The van der Waals surface area contributed by atoms with Crippen LogP contribution < -0.4 is 10.1 Å². The Hall–Kier alpha value is -2.37. The number of carbonyl (C=O) groups is 1. The van der Waals surface area contributed by atoms with E-state index >= 15 is 0 Å². The first-order valence-electron chi connectivity index (χ1n) is 7.59. The van der Waals surface area contributed by atoms with Crippen molar-refractivity contribution in [2.45, 2.75) is 38.3 Å². The number of rotatable bonds is 5. The normalized spacial score (nSPS) is 14.9. The van der Waals surface area contributed by atoms with Gasteiger partial charge in [-0.3, -0.25) is 4.79 Å². The van der Waals surface area contributed by atoms with Crippen molar-refractivity contribution >= 4 is 5.91 Å². The van der Waals surface area contributed by atoms with E-state index in [4.69, 9.17) is 9.15 Å². The van der Waals surface area contributed by atoms with Crippen molar-refractivity contribution in [2.24, 2.45) is 0 Å². The summed E-state index contributed by atoms with van der Waals surface area (Å²) in [5.74, 6) is -1.18. The second-order valence-corrected chi connectivity index (χ2v) is 5.58. The molecule has 2 aromatic rings. The second-order valence-electron chi connectivity index (χ2n) is 5.58. The third kappa shape index (κ3) is 3.88. The van der Waals surface area contributed by atoms with Gasteiger partial charge in [0.2, 0.25) is 0 Å². The Morgan fingerprint density at radius 2 is 2.00 bits per heavy atom. The fraction of sp³-hybridized carbons (Fsp3) is 0.353. The molecule has 1 aromatic carbocycles. The van der Waals surface area contributed by atoms with E-state index in [2.05, 4.69) is 5.32 Å². The highest BCUT2D eigenvalue weighted by Crippen LogP contribution is 2.21. The van der Waals surface area contributed by atoms with Crippen LogP contribution in [0.25, 0.3) is 0 Å². The zero-order valence-corrected chi connectivity index (χ0v) is 12.5. The number of halogens is 2. The van der Waals surface area contributed by atoms with Gasteiger partial charge in [-0.2, -0.15) is 0 Å². The van der Waals surface area contributed by atoms with Crippen LogP contribution in [0.4, 0.5) is 8.78 Å². The third-order valence-electron chi connectivity index (χ3n) is 3.84. The molecule has 1 aliphatic carbocycles. The average molecular weight is 321 g/mol. The van der Waals surface area contributed by atoms with Crippen LogP contribution in [0.5, 0.6) is 5.75 Å². The molecule has 1 amide bonds. The maximum absolute atomic E-state index is 13.5. The van der Waals surface area contributed by atoms with E-state index in [1.54, 1.807) is 12.1 Å². The average Bonchev–Trinajstić information content (AvgIpc) is 3.17. The fourth-order valence-electron chi connectivity index (χ4n) is 2.65. The van der Waals surface area contributed by atoms with Gasteiger partial charge < -0.3 is 14.5 Å². The summed E-state index contributed by atoms with van der Waals surface area (Å²) in [6.45, 7) is -0.0424. The van der Waals surface area contributed by atoms with Gasteiger partial charge in [-0.25, -0.2) is 8.78 Å². The minimum Gasteiger partial charge on any atom is -0.483 e. The monoisotopic (exact) mass is 321 g/mol. The smallest absolute Gasteiger partial charge is 0.287 e. The molecule has 1 N–H and O–H groups in total. The summed E-state index contributed by atoms with van der Waals surface area (Å²) in [7, 11) is 0. The summed E-state index contributed by atoms with van der Waals surface area (Å²) in [6.07, 6.45) is 4.25. The standard InChI is InChI=1S/C17H17F2NO3/c18-11-5-7-15(14(19)9-11)22-10-13-6-8-16(23-13)17(21)20-12-3-1-2-4-12/h5-9,12H,1-4,10H2,(H,20,21). The highest BCUT2D eigenvalue weighted by Gasteiger charge is 2.20. The van der Waals surface area contributed by atoms with Crippen molar-refractivity contribution in [3.63, 3.8) is 0 Å². The SMILES string of the molecule is O=C(NC1CCCC1)c1ccc(COc2ccc(F)cc2F)o1. The van der Waals surface area contributed by atoms with Crippen molar-refractivity contribution in [1.29, 1.82) is 0 Å². The Morgan fingerprint density at radius 1 is 1.22 bits per heavy atom. The van der Waals surface area contributed by atoms with Gasteiger partial charge >= 0.3 is 0 Å². The van der Waals surface area contributed by atoms with Crippen molar-refractivity contribution in [3.05, 3.63) is 53.5 Å². The first-order chi connectivity index (χ1) is 11.1. The van der Waals surface area contributed by atoms with E-state index in [1.165, 1.54) is 6.07 Å². The Bertz CT molecular complexity index is 693. The molecule has 0 bridgehead atoms. The van der Waals surface area contributed by atoms with Crippen molar-refractivity contribution in [3.8, 4) is 5.75 Å². The quantitative estimate of drug-likeness (QED) is 0.911. The Kier molecular flexibility index (Phi) is 4.60. The summed E-state index contributed by atoms with van der Waals surface area (Å²) < 4.78 is 36.9. The van der Waals surface area contributed by atoms with Crippen LogP contribution in [0, 0.1) is 11.6 Å². The lowest BCUT2D eigenvalue weighted by Crippen LogP contribution is -2.32. The topological polar surface area (TPSA) is 51.5 Å². The van der Waals surface area contributed by atoms with Crippen LogP contribution in [0.2, 0.25) is 0 Å². The number of nitrogens with one attached hydrogen (secondary N) is 1. The van der Waals surface area contributed by atoms with E-state index in [0.29, 0.717) is 5.76 Å². The first-order valence-corrected chi connectivity index (χ1v) is 7.59. The molecule has 0 radical (unpaired) electrons. The molecule has 1 aliphatic rings. The summed E-state index contributed by atoms with van der Waals surface area (Å²) in [5, 5.41) is 2.92. The molecule has 1 aromatic heterocycles. The van der Waals surface area contributed by atoms with Gasteiger partial charge in [0.1, 0.15) is 18.2 Å². The Labute approximate surface area is 132 Å². The molecule has 6 heteroatoms. The molecular formula is C17H17F2NO3. The number of benzene rings is 1. The molecule has 1 heterocycles. The molecular weight excluding hydrogens is 304 g/mol. The van der Waals surface area contributed by atoms with Gasteiger partial charge in [0.05, 0.1) is 0 Å². The van der Waals surface area contributed by atoms with Crippen molar-refractivity contribution in [2.75, 3.05) is 0 Å². The predicted octanol–water partition coefficient (Wildman–Crippen LogP) is 3.81. The van der Waals surface area contributed by atoms with Crippen molar-refractivity contribution in [1.82, 2.24) is 5.32 Å². The van der Waals surface area contributed by atoms with Crippen molar-refractivity contribution < 1.29 is 22.7 Å². The minimum atomic E-state index is -0.782. The largest absolute Gasteiger partial charge is 0.483 e. The number of carbonyl (C=O) groups excluding carboxylic acids is 1. The second kappa shape index (κ2) is 6.81. The lowest BCUT2D eigenvalue weighted by molar-refractivity contribution is 0.0905. The lowest BCUT2D eigenvalue weighted by atomic mass is 10.2. The summed E-state index contributed by atoms with van der Waals surface area (Å²) >= 11 is 0. The predicted molar refractivity (Wildman–Crippen MR) is 79.1 cm³/mol. The van der Waals surface area contributed by atoms with Crippen LogP contribution in [0.1, 0.15) is 42.0 Å². The highest BCUT2D eigenvalue weighted by atomic mass is 19.1.